The Labute approximate surface area is 146 Å². The molecule has 0 spiro atoms. The molecule has 1 aromatic carbocycles. The fraction of sp³-hybridized carbons (Fsp3) is 0.467. The highest BCUT2D eigenvalue weighted by atomic mass is 35.5. The number of carbonyl (C=O) groups is 2. The molecule has 23 heavy (non-hydrogen) atoms. The number of morpholine rings is 1. The normalized spacial score (nSPS) is 17.0. The summed E-state index contributed by atoms with van der Waals surface area (Å²) in [6.07, 6.45) is 0. The first kappa shape index (κ1) is 19.8. The van der Waals surface area contributed by atoms with Crippen LogP contribution >= 0.6 is 24.2 Å². The van der Waals surface area contributed by atoms with Gasteiger partial charge in [0, 0.05) is 18.0 Å². The van der Waals surface area contributed by atoms with Crippen LogP contribution in [-0.4, -0.2) is 50.5 Å². The van der Waals surface area contributed by atoms with Gasteiger partial charge in [0.15, 0.2) is 0 Å². The van der Waals surface area contributed by atoms with E-state index in [0.717, 1.165) is 11.3 Å². The summed E-state index contributed by atoms with van der Waals surface area (Å²) in [5.41, 5.74) is 1.79. The standard InChI is InChI=1S/C15H20N2O4S.ClH/c1-20-14(18)10-22-9-11-3-2-4-12(7-11)17-15(19)13-8-21-6-5-16-13;/h2-4,7,13,16H,5-6,8-10H2,1H3,(H,17,19);1H. The van der Waals surface area contributed by atoms with Crippen molar-refractivity contribution >= 4 is 41.7 Å². The number of esters is 1. The second-order valence-electron chi connectivity index (χ2n) is 4.84. The average molecular weight is 361 g/mol. The number of rotatable bonds is 6. The zero-order valence-corrected chi connectivity index (χ0v) is 14.5. The molecule has 128 valence electrons. The maximum Gasteiger partial charge on any atom is 0.315 e. The van der Waals surface area contributed by atoms with Gasteiger partial charge in [-0.3, -0.25) is 9.59 Å². The summed E-state index contributed by atoms with van der Waals surface area (Å²) in [6, 6.07) is 7.28. The van der Waals surface area contributed by atoms with Crippen LogP contribution in [0.15, 0.2) is 24.3 Å². The molecule has 1 aliphatic heterocycles. The SMILES string of the molecule is COC(=O)CSCc1cccc(NC(=O)C2COCCN2)c1.Cl. The third-order valence-electron chi connectivity index (χ3n) is 3.15. The second-order valence-corrected chi connectivity index (χ2v) is 5.83. The Bertz CT molecular complexity index is 524. The van der Waals surface area contributed by atoms with E-state index in [-0.39, 0.29) is 30.3 Å². The monoisotopic (exact) mass is 360 g/mol. The summed E-state index contributed by atoms with van der Waals surface area (Å²) < 4.78 is 9.88. The van der Waals surface area contributed by atoms with Crippen molar-refractivity contribution < 1.29 is 19.1 Å². The minimum absolute atomic E-state index is 0. The van der Waals surface area contributed by atoms with Gasteiger partial charge in [-0.05, 0) is 17.7 Å². The quantitative estimate of drug-likeness (QED) is 0.748. The highest BCUT2D eigenvalue weighted by Gasteiger charge is 2.21. The third kappa shape index (κ3) is 6.78. The van der Waals surface area contributed by atoms with Gasteiger partial charge in [-0.25, -0.2) is 0 Å². The minimum atomic E-state index is -0.314. The first-order chi connectivity index (χ1) is 10.7. The number of halogens is 1. The zero-order valence-electron chi connectivity index (χ0n) is 12.9. The Kier molecular flexibility index (Phi) is 9.01. The number of anilines is 1. The molecule has 1 aromatic rings. The molecule has 1 atom stereocenters. The predicted octanol–water partition coefficient (Wildman–Crippen LogP) is 1.44. The molecule has 6 nitrogen and oxygen atoms in total. The largest absolute Gasteiger partial charge is 0.468 e. The molecule has 0 bridgehead atoms. The number of carbonyl (C=O) groups excluding carboxylic acids is 2. The average Bonchev–Trinajstić information content (AvgIpc) is 2.56. The van der Waals surface area contributed by atoms with Gasteiger partial charge in [0.25, 0.3) is 0 Å². The van der Waals surface area contributed by atoms with E-state index in [1.807, 2.05) is 24.3 Å². The fourth-order valence-electron chi connectivity index (χ4n) is 2.01. The van der Waals surface area contributed by atoms with Crippen LogP contribution in [0.25, 0.3) is 0 Å². The van der Waals surface area contributed by atoms with E-state index >= 15 is 0 Å². The lowest BCUT2D eigenvalue weighted by molar-refractivity contribution is -0.137. The Morgan fingerprint density at radius 2 is 2.30 bits per heavy atom. The van der Waals surface area contributed by atoms with Gasteiger partial charge in [-0.1, -0.05) is 12.1 Å². The number of ether oxygens (including phenoxy) is 2. The molecule has 1 unspecified atom stereocenters. The Morgan fingerprint density at radius 3 is 3.00 bits per heavy atom. The van der Waals surface area contributed by atoms with E-state index in [1.165, 1.54) is 18.9 Å². The molecule has 2 rings (SSSR count). The molecule has 8 heteroatoms. The van der Waals surface area contributed by atoms with Crippen molar-refractivity contribution in [2.75, 3.05) is 37.9 Å². The summed E-state index contributed by atoms with van der Waals surface area (Å²) in [7, 11) is 1.38. The van der Waals surface area contributed by atoms with E-state index in [2.05, 4.69) is 15.4 Å². The van der Waals surface area contributed by atoms with Crippen LogP contribution < -0.4 is 10.6 Å². The number of hydrogen-bond donors (Lipinski definition) is 2. The van der Waals surface area contributed by atoms with Gasteiger partial charge in [0.05, 0.1) is 26.1 Å². The topological polar surface area (TPSA) is 76.7 Å². The highest BCUT2D eigenvalue weighted by molar-refractivity contribution is 7.99. The molecule has 1 amide bonds. The first-order valence-electron chi connectivity index (χ1n) is 7.04. The van der Waals surface area contributed by atoms with Crippen LogP contribution in [0.5, 0.6) is 0 Å². The van der Waals surface area contributed by atoms with Gasteiger partial charge >= 0.3 is 5.97 Å². The van der Waals surface area contributed by atoms with Crippen LogP contribution in [0.4, 0.5) is 5.69 Å². The molecule has 1 fully saturated rings. The number of thioether (sulfide) groups is 1. The van der Waals surface area contributed by atoms with Crippen molar-refractivity contribution in [1.29, 1.82) is 0 Å². The van der Waals surface area contributed by atoms with Gasteiger partial charge in [-0.15, -0.1) is 24.2 Å². The smallest absolute Gasteiger partial charge is 0.315 e. The van der Waals surface area contributed by atoms with Crippen molar-refractivity contribution in [3.63, 3.8) is 0 Å². The number of methoxy groups -OCH3 is 1. The Morgan fingerprint density at radius 1 is 1.48 bits per heavy atom. The Hall–Kier alpha value is -1.28. The molecule has 0 radical (unpaired) electrons. The van der Waals surface area contributed by atoms with Crippen LogP contribution in [0.1, 0.15) is 5.56 Å². The lowest BCUT2D eigenvalue weighted by atomic mass is 10.2. The molecule has 1 saturated heterocycles. The van der Waals surface area contributed by atoms with E-state index in [4.69, 9.17) is 4.74 Å². The summed E-state index contributed by atoms with van der Waals surface area (Å²) in [6.45, 7) is 1.71. The summed E-state index contributed by atoms with van der Waals surface area (Å²) in [4.78, 5) is 23.2. The van der Waals surface area contributed by atoms with Crippen LogP contribution in [0, 0.1) is 0 Å². The summed E-state index contributed by atoms with van der Waals surface area (Å²) >= 11 is 1.48. The molecular formula is C15H21ClN2O4S. The van der Waals surface area contributed by atoms with E-state index < -0.39 is 0 Å². The number of hydrogen-bond acceptors (Lipinski definition) is 6. The molecular weight excluding hydrogens is 340 g/mol. The van der Waals surface area contributed by atoms with Crippen molar-refractivity contribution in [3.8, 4) is 0 Å². The van der Waals surface area contributed by atoms with Gasteiger partial charge in [-0.2, -0.15) is 0 Å². The molecule has 0 aromatic heterocycles. The highest BCUT2D eigenvalue weighted by Crippen LogP contribution is 2.17. The minimum Gasteiger partial charge on any atom is -0.468 e. The molecule has 0 aliphatic carbocycles. The molecule has 2 N–H and O–H groups in total. The molecule has 0 saturated carbocycles. The van der Waals surface area contributed by atoms with Crippen molar-refractivity contribution in [1.82, 2.24) is 5.32 Å². The third-order valence-corrected chi connectivity index (χ3v) is 4.13. The van der Waals surface area contributed by atoms with Crippen LogP contribution in [-0.2, 0) is 24.8 Å². The van der Waals surface area contributed by atoms with Crippen molar-refractivity contribution in [3.05, 3.63) is 29.8 Å². The summed E-state index contributed by atoms with van der Waals surface area (Å²) in [5.74, 6) is 0.664. The van der Waals surface area contributed by atoms with Crippen molar-refractivity contribution in [2.45, 2.75) is 11.8 Å². The predicted molar refractivity (Wildman–Crippen MR) is 93.1 cm³/mol. The Balaban J connectivity index is 0.00000264. The molecule has 1 heterocycles. The van der Waals surface area contributed by atoms with E-state index in [1.54, 1.807) is 0 Å². The number of benzene rings is 1. The maximum absolute atomic E-state index is 12.1. The zero-order chi connectivity index (χ0) is 15.8. The van der Waals surface area contributed by atoms with Crippen LogP contribution in [0.3, 0.4) is 0 Å². The van der Waals surface area contributed by atoms with Gasteiger partial charge in [0.2, 0.25) is 5.91 Å². The fourth-order valence-corrected chi connectivity index (χ4v) is 2.82. The first-order valence-corrected chi connectivity index (χ1v) is 8.20. The van der Waals surface area contributed by atoms with E-state index in [0.29, 0.717) is 31.3 Å². The number of amides is 1. The second kappa shape index (κ2) is 10.5. The van der Waals surface area contributed by atoms with Crippen LogP contribution in [0.2, 0.25) is 0 Å². The summed E-state index contributed by atoms with van der Waals surface area (Å²) in [5, 5.41) is 5.99. The lowest BCUT2D eigenvalue weighted by Crippen LogP contribution is -2.48. The lowest BCUT2D eigenvalue weighted by Gasteiger charge is -2.23. The maximum atomic E-state index is 12.1. The molecule has 1 aliphatic rings. The van der Waals surface area contributed by atoms with Crippen molar-refractivity contribution in [2.24, 2.45) is 0 Å². The van der Waals surface area contributed by atoms with Gasteiger partial charge in [0.1, 0.15) is 6.04 Å². The van der Waals surface area contributed by atoms with E-state index in [9.17, 15) is 9.59 Å². The van der Waals surface area contributed by atoms with Gasteiger partial charge < -0.3 is 20.1 Å². The number of nitrogens with one attached hydrogen (secondary N) is 2.